The second-order valence-corrected chi connectivity index (χ2v) is 5.72. The van der Waals surface area contributed by atoms with Gasteiger partial charge in [-0.25, -0.2) is 9.78 Å². The number of carbonyl (C=O) groups is 1. The summed E-state index contributed by atoms with van der Waals surface area (Å²) in [5.74, 6) is 0. The predicted octanol–water partition coefficient (Wildman–Crippen LogP) is 1.66. The zero-order valence-corrected chi connectivity index (χ0v) is 14.1. The van der Waals surface area contributed by atoms with Crippen molar-refractivity contribution in [3.05, 3.63) is 23.9 Å². The van der Waals surface area contributed by atoms with E-state index in [2.05, 4.69) is 10.3 Å². The lowest BCUT2D eigenvalue weighted by Gasteiger charge is -2.27. The number of carbonyl (C=O) groups excluding carboxylic acids is 1. The lowest BCUT2D eigenvalue weighted by molar-refractivity contribution is 0.186. The number of amides is 2. The van der Waals surface area contributed by atoms with Crippen LogP contribution < -0.4 is 5.32 Å². The van der Waals surface area contributed by atoms with E-state index in [-0.39, 0.29) is 6.03 Å². The van der Waals surface area contributed by atoms with E-state index in [1.165, 1.54) is 12.1 Å². The van der Waals surface area contributed by atoms with Crippen LogP contribution in [0.5, 0.6) is 0 Å². The number of rotatable bonds is 6. The highest BCUT2D eigenvalue weighted by molar-refractivity contribution is 5.75. The molecule has 1 aliphatic rings. The van der Waals surface area contributed by atoms with Gasteiger partial charge in [0.1, 0.15) is 17.7 Å². The number of hydrogen-bond acceptors (Lipinski definition) is 5. The van der Waals surface area contributed by atoms with Gasteiger partial charge in [0.25, 0.3) is 0 Å². The number of fused-ring (bicyclic) bond motifs is 1. The first-order valence-corrected chi connectivity index (χ1v) is 8.23. The summed E-state index contributed by atoms with van der Waals surface area (Å²) < 4.78 is 12.3. The highest BCUT2D eigenvalue weighted by atomic mass is 16.5. The van der Waals surface area contributed by atoms with Crippen LogP contribution in [0, 0.1) is 0 Å². The molecular formula is C16H23N5O3. The Morgan fingerprint density at radius 3 is 3.08 bits per heavy atom. The second-order valence-electron chi connectivity index (χ2n) is 5.72. The van der Waals surface area contributed by atoms with Gasteiger partial charge in [-0.2, -0.15) is 5.10 Å². The van der Waals surface area contributed by atoms with Crippen LogP contribution >= 0.6 is 0 Å². The molecule has 1 N–H and O–H groups in total. The maximum Gasteiger partial charge on any atom is 0.317 e. The van der Waals surface area contributed by atoms with Crippen molar-refractivity contribution in [2.45, 2.75) is 32.9 Å². The first kappa shape index (κ1) is 16.5. The Labute approximate surface area is 140 Å². The summed E-state index contributed by atoms with van der Waals surface area (Å²) in [5, 5.41) is 7.58. The number of nitrogens with one attached hydrogen (secondary N) is 1. The Balaban J connectivity index is 1.89. The topological polar surface area (TPSA) is 85.4 Å². The van der Waals surface area contributed by atoms with Crippen molar-refractivity contribution in [1.82, 2.24) is 25.0 Å². The molecule has 0 radical (unpaired) electrons. The van der Waals surface area contributed by atoms with E-state index in [9.17, 15) is 4.79 Å². The number of oxazole rings is 1. The van der Waals surface area contributed by atoms with E-state index >= 15 is 0 Å². The smallest absolute Gasteiger partial charge is 0.317 e. The summed E-state index contributed by atoms with van der Waals surface area (Å²) in [6.07, 6.45) is 4.66. The predicted molar refractivity (Wildman–Crippen MR) is 87.4 cm³/mol. The lowest BCUT2D eigenvalue weighted by atomic mass is 10.0. The van der Waals surface area contributed by atoms with Gasteiger partial charge < -0.3 is 19.4 Å². The van der Waals surface area contributed by atoms with E-state index in [4.69, 9.17) is 14.3 Å². The van der Waals surface area contributed by atoms with Crippen molar-refractivity contribution in [1.29, 1.82) is 0 Å². The molecule has 24 heavy (non-hydrogen) atoms. The average molecular weight is 333 g/mol. The Morgan fingerprint density at radius 1 is 1.50 bits per heavy atom. The van der Waals surface area contributed by atoms with Crippen LogP contribution in [0.1, 0.15) is 24.6 Å². The quantitative estimate of drug-likeness (QED) is 0.813. The van der Waals surface area contributed by atoms with Crippen LogP contribution in [0.3, 0.4) is 0 Å². The maximum atomic E-state index is 12.2. The number of hydrogen-bond donors (Lipinski definition) is 1. The number of aromatic nitrogens is 3. The second kappa shape index (κ2) is 7.48. The number of ether oxygens (including phenoxy) is 1. The zero-order chi connectivity index (χ0) is 16.9. The third-order valence-corrected chi connectivity index (χ3v) is 4.14. The van der Waals surface area contributed by atoms with Gasteiger partial charge in [-0.05, 0) is 13.3 Å². The fourth-order valence-electron chi connectivity index (χ4n) is 3.01. The number of aryl methyl sites for hydroxylation is 1. The lowest BCUT2D eigenvalue weighted by Crippen LogP contribution is -2.42. The third-order valence-electron chi connectivity index (χ3n) is 4.14. The van der Waals surface area contributed by atoms with E-state index in [0.717, 1.165) is 30.6 Å². The maximum absolute atomic E-state index is 12.2. The van der Waals surface area contributed by atoms with Gasteiger partial charge in [-0.1, -0.05) is 0 Å². The molecule has 0 saturated carbocycles. The van der Waals surface area contributed by atoms with Crippen LogP contribution in [-0.2, 0) is 24.2 Å². The van der Waals surface area contributed by atoms with E-state index in [1.54, 1.807) is 13.4 Å². The standard InChI is InChI=1S/C16H23N5O3/c1-3-17-16(22)20-7-5-14-12(9-20)15(13-10-24-11-18-13)19-21(14)6-4-8-23-2/h10-11H,3-9H2,1-2H3,(H,17,22). The number of methoxy groups -OCH3 is 1. The third kappa shape index (κ3) is 3.28. The highest BCUT2D eigenvalue weighted by Crippen LogP contribution is 2.29. The number of urea groups is 1. The summed E-state index contributed by atoms with van der Waals surface area (Å²) in [6, 6.07) is -0.0404. The zero-order valence-electron chi connectivity index (χ0n) is 14.1. The molecule has 0 unspecified atom stereocenters. The molecule has 1 aliphatic heterocycles. The Morgan fingerprint density at radius 2 is 2.38 bits per heavy atom. The first-order valence-electron chi connectivity index (χ1n) is 8.23. The monoisotopic (exact) mass is 333 g/mol. The summed E-state index contributed by atoms with van der Waals surface area (Å²) in [4.78, 5) is 18.2. The minimum Gasteiger partial charge on any atom is -0.451 e. The van der Waals surface area contributed by atoms with Gasteiger partial charge in [-0.3, -0.25) is 4.68 Å². The van der Waals surface area contributed by atoms with Crippen molar-refractivity contribution in [3.63, 3.8) is 0 Å². The van der Waals surface area contributed by atoms with Gasteiger partial charge in [0.05, 0.1) is 6.54 Å². The molecule has 2 amide bonds. The Hall–Kier alpha value is -2.35. The molecule has 2 aromatic rings. The first-order chi connectivity index (χ1) is 11.7. The van der Waals surface area contributed by atoms with Gasteiger partial charge in [-0.15, -0.1) is 0 Å². The molecule has 130 valence electrons. The highest BCUT2D eigenvalue weighted by Gasteiger charge is 2.28. The molecular weight excluding hydrogens is 310 g/mol. The van der Waals surface area contributed by atoms with E-state index in [0.29, 0.717) is 31.9 Å². The van der Waals surface area contributed by atoms with Crippen molar-refractivity contribution >= 4 is 6.03 Å². The molecule has 2 aromatic heterocycles. The fourth-order valence-corrected chi connectivity index (χ4v) is 3.01. The fraction of sp³-hybridized carbons (Fsp3) is 0.562. The Bertz CT molecular complexity index is 680. The van der Waals surface area contributed by atoms with Crippen molar-refractivity contribution in [2.24, 2.45) is 0 Å². The molecule has 0 atom stereocenters. The molecule has 0 bridgehead atoms. The summed E-state index contributed by atoms with van der Waals surface area (Å²) in [6.45, 7) is 5.24. The molecule has 0 spiro atoms. The summed E-state index contributed by atoms with van der Waals surface area (Å²) >= 11 is 0. The van der Waals surface area contributed by atoms with Crippen molar-refractivity contribution in [3.8, 4) is 11.4 Å². The molecule has 3 heterocycles. The van der Waals surface area contributed by atoms with Crippen LogP contribution in [0.15, 0.2) is 17.1 Å². The average Bonchev–Trinajstić information content (AvgIpc) is 3.23. The molecule has 0 saturated heterocycles. The Kier molecular flexibility index (Phi) is 5.14. The molecule has 3 rings (SSSR count). The van der Waals surface area contributed by atoms with Gasteiger partial charge in [0.15, 0.2) is 6.39 Å². The minimum absolute atomic E-state index is 0.0404. The van der Waals surface area contributed by atoms with Gasteiger partial charge >= 0.3 is 6.03 Å². The van der Waals surface area contributed by atoms with Crippen molar-refractivity contribution in [2.75, 3.05) is 26.8 Å². The van der Waals surface area contributed by atoms with Crippen molar-refractivity contribution < 1.29 is 13.9 Å². The van der Waals surface area contributed by atoms with Crippen LogP contribution in [0.2, 0.25) is 0 Å². The van der Waals surface area contributed by atoms with E-state index < -0.39 is 0 Å². The molecule has 0 aromatic carbocycles. The van der Waals surface area contributed by atoms with Crippen LogP contribution in [0.25, 0.3) is 11.4 Å². The molecule has 8 heteroatoms. The summed E-state index contributed by atoms with van der Waals surface area (Å²) in [5.41, 5.74) is 3.73. The largest absolute Gasteiger partial charge is 0.451 e. The molecule has 0 aliphatic carbocycles. The SMILES string of the molecule is CCNC(=O)N1CCc2c(c(-c3cocn3)nn2CCCOC)C1. The van der Waals surface area contributed by atoms with Gasteiger partial charge in [0, 0.05) is 51.0 Å². The molecule has 8 nitrogen and oxygen atoms in total. The van der Waals surface area contributed by atoms with E-state index in [1.807, 2.05) is 16.5 Å². The molecule has 0 fully saturated rings. The van der Waals surface area contributed by atoms with Crippen LogP contribution in [0.4, 0.5) is 4.79 Å². The summed E-state index contributed by atoms with van der Waals surface area (Å²) in [7, 11) is 1.70. The van der Waals surface area contributed by atoms with Crippen LogP contribution in [-0.4, -0.2) is 52.5 Å². The minimum atomic E-state index is -0.0404. The van der Waals surface area contributed by atoms with Gasteiger partial charge in [0.2, 0.25) is 0 Å². The number of nitrogens with zero attached hydrogens (tertiary/aromatic N) is 4. The normalized spacial score (nSPS) is 13.8.